The van der Waals surface area contributed by atoms with Crippen molar-refractivity contribution in [1.82, 2.24) is 14.4 Å². The smallest absolute Gasteiger partial charge is 0.137 e. The van der Waals surface area contributed by atoms with E-state index in [-0.39, 0.29) is 0 Å². The van der Waals surface area contributed by atoms with Crippen LogP contribution in [0.3, 0.4) is 0 Å². The molecule has 0 spiro atoms. The zero-order valence-corrected chi connectivity index (χ0v) is 34.2. The highest BCUT2D eigenvalue weighted by Crippen LogP contribution is 2.44. The molecule has 13 aromatic rings. The Hall–Kier alpha value is -8.40. The quantitative estimate of drug-likeness (QED) is 0.162. The average Bonchev–Trinajstić information content (AvgIpc) is 3.75. The van der Waals surface area contributed by atoms with Gasteiger partial charge in [0, 0.05) is 28.5 Å². The minimum Gasteiger partial charge on any atom is -0.299 e. The van der Waals surface area contributed by atoms with Crippen LogP contribution in [0, 0.1) is 0 Å². The summed E-state index contributed by atoms with van der Waals surface area (Å²) >= 11 is 0. The Morgan fingerprint density at radius 1 is 0.286 bits per heavy atom. The molecule has 3 heterocycles. The summed E-state index contributed by atoms with van der Waals surface area (Å²) < 4.78 is 2.23. The van der Waals surface area contributed by atoms with Gasteiger partial charge in [-0.1, -0.05) is 176 Å². The fraction of sp³-hybridized carbons (Fsp3) is 0. The highest BCUT2D eigenvalue weighted by molar-refractivity contribution is 6.16. The van der Waals surface area contributed by atoms with E-state index in [1.807, 2.05) is 0 Å². The zero-order chi connectivity index (χ0) is 41.4. The molecule has 63 heavy (non-hydrogen) atoms. The number of hydrogen-bond donors (Lipinski definition) is 0. The molecule has 0 saturated heterocycles. The standard InChI is InChI=1S/C60H37N3/c1-2-16-39-33-42(29-28-38(39)15-1)59-60(63-32-14-13-27-58(63)62-59)53-31-30-52(48-23-9-10-24-49(48)53)56-36-43(54-34-40-17-3-5-19-44(40)46-21-7-11-25-50(46)54)37-57(61-56)55-35-41-18-4-6-20-45(41)47-22-8-12-26-51(47)55/h1-37H. The molecule has 0 fully saturated rings. The summed E-state index contributed by atoms with van der Waals surface area (Å²) in [6.07, 6.45) is 2.13. The van der Waals surface area contributed by atoms with E-state index >= 15 is 0 Å². The normalized spacial score (nSPS) is 11.8. The van der Waals surface area contributed by atoms with Gasteiger partial charge in [-0.3, -0.25) is 4.40 Å². The molecule has 292 valence electrons. The van der Waals surface area contributed by atoms with Crippen molar-refractivity contribution in [1.29, 1.82) is 0 Å². The van der Waals surface area contributed by atoms with Crippen LogP contribution in [-0.4, -0.2) is 14.4 Å². The molecule has 0 aliphatic carbocycles. The van der Waals surface area contributed by atoms with Gasteiger partial charge in [0.15, 0.2) is 0 Å². The molecule has 13 rings (SSSR count). The van der Waals surface area contributed by atoms with E-state index in [4.69, 9.17) is 9.97 Å². The van der Waals surface area contributed by atoms with Crippen molar-refractivity contribution in [3.05, 3.63) is 225 Å². The van der Waals surface area contributed by atoms with Crippen LogP contribution in [0.5, 0.6) is 0 Å². The van der Waals surface area contributed by atoms with Crippen molar-refractivity contribution in [2.45, 2.75) is 0 Å². The lowest BCUT2D eigenvalue weighted by molar-refractivity contribution is 1.19. The maximum atomic E-state index is 5.67. The summed E-state index contributed by atoms with van der Waals surface area (Å²) in [5.74, 6) is 0. The third-order valence-electron chi connectivity index (χ3n) is 13.0. The van der Waals surface area contributed by atoms with E-state index in [0.29, 0.717) is 0 Å². The third-order valence-corrected chi connectivity index (χ3v) is 13.0. The van der Waals surface area contributed by atoms with E-state index < -0.39 is 0 Å². The predicted octanol–water partition coefficient (Wildman–Crippen LogP) is 16.0. The van der Waals surface area contributed by atoms with Crippen LogP contribution < -0.4 is 0 Å². The first-order valence-electron chi connectivity index (χ1n) is 21.6. The second-order valence-electron chi connectivity index (χ2n) is 16.5. The number of nitrogens with zero attached hydrogens (tertiary/aromatic N) is 3. The summed E-state index contributed by atoms with van der Waals surface area (Å²) in [7, 11) is 0. The van der Waals surface area contributed by atoms with E-state index in [0.717, 1.165) is 67.0 Å². The number of hydrogen-bond acceptors (Lipinski definition) is 2. The molecular formula is C60H37N3. The molecule has 0 N–H and O–H groups in total. The molecule has 0 unspecified atom stereocenters. The summed E-state index contributed by atoms with van der Waals surface area (Å²) in [6, 6.07) is 79.1. The maximum absolute atomic E-state index is 5.67. The summed E-state index contributed by atoms with van der Waals surface area (Å²) in [5, 5.41) is 14.5. The Balaban J connectivity index is 1.08. The van der Waals surface area contributed by atoms with Gasteiger partial charge in [-0.25, -0.2) is 9.97 Å². The second kappa shape index (κ2) is 14.1. The van der Waals surface area contributed by atoms with Gasteiger partial charge in [0.05, 0.1) is 22.8 Å². The second-order valence-corrected chi connectivity index (χ2v) is 16.5. The lowest BCUT2D eigenvalue weighted by Gasteiger charge is -2.17. The van der Waals surface area contributed by atoms with Crippen molar-refractivity contribution < 1.29 is 0 Å². The van der Waals surface area contributed by atoms with E-state index in [9.17, 15) is 0 Å². The van der Waals surface area contributed by atoms with Crippen LogP contribution in [0.15, 0.2) is 225 Å². The van der Waals surface area contributed by atoms with Crippen molar-refractivity contribution >= 4 is 70.3 Å². The molecule has 0 saturated carbocycles. The van der Waals surface area contributed by atoms with Crippen LogP contribution in [-0.2, 0) is 0 Å². The van der Waals surface area contributed by atoms with Crippen LogP contribution in [0.2, 0.25) is 0 Å². The molecule has 0 atom stereocenters. The molecule has 3 heteroatoms. The van der Waals surface area contributed by atoms with Crippen LogP contribution in [0.4, 0.5) is 0 Å². The Bertz CT molecular complexity index is 3850. The fourth-order valence-corrected chi connectivity index (χ4v) is 10.0. The summed E-state index contributed by atoms with van der Waals surface area (Å²) in [5.41, 5.74) is 11.5. The number of rotatable bonds is 5. The lowest BCUT2D eigenvalue weighted by atomic mass is 9.89. The van der Waals surface area contributed by atoms with Crippen LogP contribution >= 0.6 is 0 Å². The highest BCUT2D eigenvalue weighted by atomic mass is 15.0. The summed E-state index contributed by atoms with van der Waals surface area (Å²) in [6.45, 7) is 0. The molecular weight excluding hydrogens is 763 g/mol. The number of pyridine rings is 2. The molecule has 3 nitrogen and oxygen atoms in total. The van der Waals surface area contributed by atoms with Crippen LogP contribution in [0.25, 0.3) is 126 Å². The van der Waals surface area contributed by atoms with Gasteiger partial charge in [0.2, 0.25) is 0 Å². The van der Waals surface area contributed by atoms with Crippen molar-refractivity contribution in [2.24, 2.45) is 0 Å². The molecule has 3 aromatic heterocycles. The van der Waals surface area contributed by atoms with Gasteiger partial charge < -0.3 is 0 Å². The number of benzene rings is 10. The zero-order valence-electron chi connectivity index (χ0n) is 34.2. The first-order chi connectivity index (χ1) is 31.2. The number of aromatic nitrogens is 3. The number of imidazole rings is 1. The van der Waals surface area contributed by atoms with Gasteiger partial charge in [0.1, 0.15) is 5.65 Å². The van der Waals surface area contributed by atoms with Gasteiger partial charge in [-0.2, -0.15) is 0 Å². The average molecular weight is 800 g/mol. The first-order valence-corrected chi connectivity index (χ1v) is 21.6. The topological polar surface area (TPSA) is 30.2 Å². The molecule has 0 aliphatic rings. The Morgan fingerprint density at radius 3 is 1.46 bits per heavy atom. The van der Waals surface area contributed by atoms with Gasteiger partial charge in [0.25, 0.3) is 0 Å². The molecule has 0 aliphatic heterocycles. The van der Waals surface area contributed by atoms with Crippen molar-refractivity contribution in [2.75, 3.05) is 0 Å². The largest absolute Gasteiger partial charge is 0.299 e. The molecule has 10 aromatic carbocycles. The fourth-order valence-electron chi connectivity index (χ4n) is 10.0. The van der Waals surface area contributed by atoms with Crippen LogP contribution in [0.1, 0.15) is 0 Å². The Morgan fingerprint density at radius 2 is 0.778 bits per heavy atom. The minimum absolute atomic E-state index is 0.910. The number of fused-ring (bicyclic) bond motifs is 9. The van der Waals surface area contributed by atoms with Crippen molar-refractivity contribution in [3.8, 4) is 56.2 Å². The first kappa shape index (κ1) is 35.4. The highest BCUT2D eigenvalue weighted by Gasteiger charge is 2.21. The van der Waals surface area contributed by atoms with Gasteiger partial charge in [-0.15, -0.1) is 0 Å². The molecule has 0 amide bonds. The van der Waals surface area contributed by atoms with Gasteiger partial charge in [-0.05, 0) is 118 Å². The minimum atomic E-state index is 0.910. The Kier molecular flexibility index (Phi) is 7.91. The molecule has 0 radical (unpaired) electrons. The third kappa shape index (κ3) is 5.67. The van der Waals surface area contributed by atoms with E-state index in [2.05, 4.69) is 229 Å². The van der Waals surface area contributed by atoms with Crippen molar-refractivity contribution in [3.63, 3.8) is 0 Å². The predicted molar refractivity (Wildman–Crippen MR) is 265 cm³/mol. The van der Waals surface area contributed by atoms with E-state index in [1.165, 1.54) is 59.4 Å². The Labute approximate surface area is 363 Å². The SMILES string of the molecule is c1ccc2cc(-c3nc4ccccn4c3-c3ccc(-c4cc(-c5cc6ccccc6c6ccccc56)cc(-c5cc6ccccc6c6ccccc56)n4)c4ccccc34)ccc2c1. The molecule has 0 bridgehead atoms. The van der Waals surface area contributed by atoms with Gasteiger partial charge >= 0.3 is 0 Å². The monoisotopic (exact) mass is 799 g/mol. The lowest BCUT2D eigenvalue weighted by Crippen LogP contribution is -1.96. The summed E-state index contributed by atoms with van der Waals surface area (Å²) in [4.78, 5) is 11.0. The maximum Gasteiger partial charge on any atom is 0.137 e. The van der Waals surface area contributed by atoms with E-state index in [1.54, 1.807) is 0 Å².